The van der Waals surface area contributed by atoms with Gasteiger partial charge in [-0.1, -0.05) is 0 Å². The topological polar surface area (TPSA) is 67.6 Å². The summed E-state index contributed by atoms with van der Waals surface area (Å²) in [5.74, 6) is 4.94. The maximum absolute atomic E-state index is 11.3. The highest BCUT2D eigenvalue weighted by Gasteiger charge is 2.37. The number of carbonyl (C=O) groups excluding carboxylic acids is 1. The Morgan fingerprint density at radius 2 is 2.36 bits per heavy atom. The van der Waals surface area contributed by atoms with Crippen molar-refractivity contribution in [3.05, 3.63) is 0 Å². The molecule has 3 N–H and O–H groups in total. The number of nitrogens with two attached hydrogens (primary N) is 1. The molecule has 0 aromatic heterocycles. The van der Waals surface area contributed by atoms with E-state index in [1.54, 1.807) is 7.11 Å². The summed E-state index contributed by atoms with van der Waals surface area (Å²) in [6.45, 7) is 5.56. The second-order valence-corrected chi connectivity index (χ2v) is 4.06. The van der Waals surface area contributed by atoms with Crippen LogP contribution in [-0.2, 0) is 9.53 Å². The highest BCUT2D eigenvalue weighted by atomic mass is 16.5. The minimum Gasteiger partial charge on any atom is -0.377 e. The summed E-state index contributed by atoms with van der Waals surface area (Å²) in [7, 11) is 1.71. The Hall–Kier alpha value is -0.650. The van der Waals surface area contributed by atoms with Gasteiger partial charge in [-0.2, -0.15) is 0 Å². The molecule has 14 heavy (non-hydrogen) atoms. The molecule has 5 heteroatoms. The van der Waals surface area contributed by atoms with Crippen LogP contribution in [0.5, 0.6) is 0 Å². The van der Waals surface area contributed by atoms with Crippen molar-refractivity contribution >= 4 is 5.91 Å². The molecule has 0 aromatic carbocycles. The fraction of sp³-hybridized carbons (Fsp3) is 0.889. The predicted octanol–water partition coefficient (Wildman–Crippen LogP) is -0.524. The van der Waals surface area contributed by atoms with Gasteiger partial charge in [0.25, 0.3) is 5.91 Å². The first kappa shape index (κ1) is 11.4. The fourth-order valence-electron chi connectivity index (χ4n) is 1.75. The summed E-state index contributed by atoms with van der Waals surface area (Å²) < 4.78 is 5.39. The number of carbonyl (C=O) groups is 1. The van der Waals surface area contributed by atoms with Crippen molar-refractivity contribution in [3.63, 3.8) is 0 Å². The summed E-state index contributed by atoms with van der Waals surface area (Å²) in [5.41, 5.74) is 2.04. The van der Waals surface area contributed by atoms with Crippen LogP contribution < -0.4 is 11.3 Å². The van der Waals surface area contributed by atoms with Gasteiger partial charge in [0, 0.05) is 20.2 Å². The van der Waals surface area contributed by atoms with Gasteiger partial charge in [0.05, 0.1) is 11.6 Å². The van der Waals surface area contributed by atoms with E-state index in [1.165, 1.54) is 0 Å². The quantitative estimate of drug-likeness (QED) is 0.366. The van der Waals surface area contributed by atoms with Gasteiger partial charge in [-0.25, -0.2) is 5.84 Å². The van der Waals surface area contributed by atoms with E-state index >= 15 is 0 Å². The Labute approximate surface area is 84.5 Å². The Bertz CT molecular complexity index is 222. The normalized spacial score (nSPS) is 30.3. The van der Waals surface area contributed by atoms with E-state index in [1.807, 2.05) is 6.92 Å². The molecule has 2 unspecified atom stereocenters. The Morgan fingerprint density at radius 3 is 2.79 bits per heavy atom. The van der Waals surface area contributed by atoms with Crippen molar-refractivity contribution in [2.75, 3.05) is 20.2 Å². The smallest absolute Gasteiger partial charge is 0.250 e. The van der Waals surface area contributed by atoms with Crippen LogP contribution >= 0.6 is 0 Å². The molecule has 1 amide bonds. The second kappa shape index (κ2) is 4.25. The van der Waals surface area contributed by atoms with Crippen LogP contribution in [0.15, 0.2) is 0 Å². The van der Waals surface area contributed by atoms with E-state index in [9.17, 15) is 4.79 Å². The minimum absolute atomic E-state index is 0.122. The summed E-state index contributed by atoms with van der Waals surface area (Å²) in [4.78, 5) is 13.4. The lowest BCUT2D eigenvalue weighted by Crippen LogP contribution is -2.47. The van der Waals surface area contributed by atoms with E-state index in [4.69, 9.17) is 10.6 Å². The van der Waals surface area contributed by atoms with Crippen molar-refractivity contribution < 1.29 is 9.53 Å². The molecule has 1 aliphatic rings. The first-order valence-electron chi connectivity index (χ1n) is 4.82. The molecule has 1 rings (SSSR count). The number of ether oxygens (including phenoxy) is 1. The second-order valence-electron chi connectivity index (χ2n) is 4.06. The predicted molar refractivity (Wildman–Crippen MR) is 53.4 cm³/mol. The number of hydrogen-bond donors (Lipinski definition) is 2. The van der Waals surface area contributed by atoms with Gasteiger partial charge in [-0.3, -0.25) is 15.1 Å². The van der Waals surface area contributed by atoms with Crippen molar-refractivity contribution in [1.29, 1.82) is 0 Å². The Morgan fingerprint density at radius 1 is 1.71 bits per heavy atom. The van der Waals surface area contributed by atoms with Crippen molar-refractivity contribution in [2.45, 2.75) is 31.9 Å². The summed E-state index contributed by atoms with van der Waals surface area (Å²) in [6, 6.07) is -0.183. The molecule has 5 nitrogen and oxygen atoms in total. The van der Waals surface area contributed by atoms with Gasteiger partial charge in [0.1, 0.15) is 0 Å². The Kier molecular flexibility index (Phi) is 3.47. The molecule has 1 aliphatic heterocycles. The zero-order chi connectivity index (χ0) is 10.8. The van der Waals surface area contributed by atoms with E-state index in [0.29, 0.717) is 0 Å². The lowest BCUT2D eigenvalue weighted by Gasteiger charge is -2.26. The fourth-order valence-corrected chi connectivity index (χ4v) is 1.75. The summed E-state index contributed by atoms with van der Waals surface area (Å²) in [5, 5.41) is 0. The van der Waals surface area contributed by atoms with Crippen LogP contribution in [0.2, 0.25) is 0 Å². The maximum Gasteiger partial charge on any atom is 0.250 e. The molecule has 0 aliphatic carbocycles. The van der Waals surface area contributed by atoms with E-state index < -0.39 is 0 Å². The summed E-state index contributed by atoms with van der Waals surface area (Å²) in [6.07, 6.45) is 0.950. The third-order valence-corrected chi connectivity index (χ3v) is 3.03. The monoisotopic (exact) mass is 201 g/mol. The van der Waals surface area contributed by atoms with E-state index in [0.717, 1.165) is 19.5 Å². The number of rotatable bonds is 3. The average Bonchev–Trinajstić information content (AvgIpc) is 2.59. The summed E-state index contributed by atoms with van der Waals surface area (Å²) >= 11 is 0. The van der Waals surface area contributed by atoms with Crippen LogP contribution in [-0.4, -0.2) is 42.6 Å². The molecule has 1 saturated heterocycles. The number of amides is 1. The van der Waals surface area contributed by atoms with Gasteiger partial charge >= 0.3 is 0 Å². The van der Waals surface area contributed by atoms with Crippen LogP contribution in [0.3, 0.4) is 0 Å². The molecule has 0 saturated carbocycles. The molecule has 0 radical (unpaired) electrons. The number of methoxy groups -OCH3 is 1. The van der Waals surface area contributed by atoms with Crippen molar-refractivity contribution in [1.82, 2.24) is 10.3 Å². The average molecular weight is 201 g/mol. The van der Waals surface area contributed by atoms with E-state index in [-0.39, 0.29) is 17.6 Å². The molecule has 0 bridgehead atoms. The lowest BCUT2D eigenvalue weighted by molar-refractivity contribution is -0.125. The zero-order valence-corrected chi connectivity index (χ0v) is 9.04. The van der Waals surface area contributed by atoms with Gasteiger partial charge in [-0.15, -0.1) is 0 Å². The maximum atomic E-state index is 11.3. The van der Waals surface area contributed by atoms with Crippen LogP contribution in [0, 0.1) is 0 Å². The first-order chi connectivity index (χ1) is 6.52. The molecular formula is C9H19N3O2. The van der Waals surface area contributed by atoms with E-state index in [2.05, 4.69) is 17.2 Å². The largest absolute Gasteiger partial charge is 0.377 e. The third kappa shape index (κ3) is 2.23. The molecule has 0 spiro atoms. The molecule has 82 valence electrons. The van der Waals surface area contributed by atoms with Crippen LogP contribution in [0.1, 0.15) is 20.3 Å². The molecule has 1 fully saturated rings. The van der Waals surface area contributed by atoms with Crippen molar-refractivity contribution in [2.24, 2.45) is 5.84 Å². The number of likely N-dealkylation sites (tertiary alicyclic amines) is 1. The first-order valence-corrected chi connectivity index (χ1v) is 4.82. The van der Waals surface area contributed by atoms with Crippen LogP contribution in [0.4, 0.5) is 0 Å². The number of nitrogens with zero attached hydrogens (tertiary/aromatic N) is 1. The minimum atomic E-state index is -0.183. The number of hydrogen-bond acceptors (Lipinski definition) is 4. The highest BCUT2D eigenvalue weighted by Crippen LogP contribution is 2.25. The molecular weight excluding hydrogens is 182 g/mol. The van der Waals surface area contributed by atoms with Gasteiger partial charge in [-0.05, 0) is 20.3 Å². The van der Waals surface area contributed by atoms with Crippen LogP contribution in [0.25, 0.3) is 0 Å². The Balaban J connectivity index is 2.53. The zero-order valence-electron chi connectivity index (χ0n) is 9.04. The standard InChI is InChI=1S/C9H19N3O2/c1-7(8(13)11-10)12-5-4-9(2,6-12)14-3/h7H,4-6,10H2,1-3H3,(H,11,13). The van der Waals surface area contributed by atoms with Gasteiger partial charge < -0.3 is 4.74 Å². The molecule has 0 aromatic rings. The van der Waals surface area contributed by atoms with Gasteiger partial charge in [0.2, 0.25) is 0 Å². The molecule has 1 heterocycles. The third-order valence-electron chi connectivity index (χ3n) is 3.03. The van der Waals surface area contributed by atoms with Gasteiger partial charge in [0.15, 0.2) is 0 Å². The van der Waals surface area contributed by atoms with Crippen molar-refractivity contribution in [3.8, 4) is 0 Å². The SMILES string of the molecule is COC1(C)CCN(C(C)C(=O)NN)C1. The number of nitrogens with one attached hydrogen (secondary N) is 1. The lowest BCUT2D eigenvalue weighted by atomic mass is 10.1. The molecule has 2 atom stereocenters. The number of hydrazine groups is 1. The highest BCUT2D eigenvalue weighted by molar-refractivity contribution is 5.80.